The largest absolute Gasteiger partial charge is 0.497 e. The Kier molecular flexibility index (Phi) is 8.81. The SMILES string of the molecule is COC(=O)c1ccc(NC(=O)CSc2nnc([C@H](CO)NC(=O)c3ccc(OC)cc3)n2C)cc1. The fraction of sp³-hybridized carbons (Fsp3) is 0.261. The van der Waals surface area contributed by atoms with E-state index in [1.807, 2.05) is 0 Å². The lowest BCUT2D eigenvalue weighted by molar-refractivity contribution is -0.113. The summed E-state index contributed by atoms with van der Waals surface area (Å²) in [6.07, 6.45) is 0. The third kappa shape index (κ3) is 6.58. The van der Waals surface area contributed by atoms with E-state index in [4.69, 9.17) is 4.74 Å². The second-order valence-electron chi connectivity index (χ2n) is 7.24. The van der Waals surface area contributed by atoms with E-state index in [9.17, 15) is 19.5 Å². The van der Waals surface area contributed by atoms with Crippen LogP contribution >= 0.6 is 11.8 Å². The Labute approximate surface area is 205 Å². The van der Waals surface area contributed by atoms with Gasteiger partial charge >= 0.3 is 5.97 Å². The third-order valence-electron chi connectivity index (χ3n) is 4.94. The number of benzene rings is 2. The number of rotatable bonds is 10. The summed E-state index contributed by atoms with van der Waals surface area (Å²) >= 11 is 1.15. The molecule has 184 valence electrons. The molecule has 0 saturated carbocycles. The van der Waals surface area contributed by atoms with E-state index < -0.39 is 12.0 Å². The van der Waals surface area contributed by atoms with E-state index in [2.05, 4.69) is 25.6 Å². The van der Waals surface area contributed by atoms with Crippen LogP contribution in [0.5, 0.6) is 5.75 Å². The number of carbonyl (C=O) groups is 3. The predicted molar refractivity (Wildman–Crippen MR) is 128 cm³/mol. The zero-order chi connectivity index (χ0) is 25.4. The zero-order valence-corrected chi connectivity index (χ0v) is 20.2. The molecule has 0 fully saturated rings. The molecule has 0 bridgehead atoms. The van der Waals surface area contributed by atoms with Gasteiger partial charge in [0.1, 0.15) is 11.8 Å². The Morgan fingerprint density at radius 2 is 1.69 bits per heavy atom. The van der Waals surface area contributed by atoms with Crippen LogP contribution in [0.2, 0.25) is 0 Å². The van der Waals surface area contributed by atoms with Gasteiger partial charge in [-0.1, -0.05) is 11.8 Å². The average molecular weight is 500 g/mol. The molecule has 35 heavy (non-hydrogen) atoms. The second kappa shape index (κ2) is 12.0. The first kappa shape index (κ1) is 25.7. The van der Waals surface area contributed by atoms with Crippen molar-refractivity contribution in [1.29, 1.82) is 0 Å². The van der Waals surface area contributed by atoms with Crippen LogP contribution in [0.25, 0.3) is 0 Å². The maximum absolute atomic E-state index is 12.6. The summed E-state index contributed by atoms with van der Waals surface area (Å²) in [4.78, 5) is 36.4. The van der Waals surface area contributed by atoms with E-state index >= 15 is 0 Å². The highest BCUT2D eigenvalue weighted by Gasteiger charge is 2.22. The minimum Gasteiger partial charge on any atom is -0.497 e. The van der Waals surface area contributed by atoms with Crippen molar-refractivity contribution in [1.82, 2.24) is 20.1 Å². The van der Waals surface area contributed by atoms with Crippen LogP contribution in [0.1, 0.15) is 32.6 Å². The fourth-order valence-corrected chi connectivity index (χ4v) is 3.78. The van der Waals surface area contributed by atoms with Crippen molar-refractivity contribution in [3.63, 3.8) is 0 Å². The molecular weight excluding hydrogens is 474 g/mol. The molecule has 1 heterocycles. The highest BCUT2D eigenvalue weighted by molar-refractivity contribution is 7.99. The summed E-state index contributed by atoms with van der Waals surface area (Å²) in [5, 5.41) is 23.9. The number of aliphatic hydroxyl groups is 1. The van der Waals surface area contributed by atoms with Crippen LogP contribution in [0, 0.1) is 0 Å². The summed E-state index contributed by atoms with van der Waals surface area (Å²) in [6.45, 7) is -0.388. The van der Waals surface area contributed by atoms with Gasteiger partial charge < -0.3 is 29.8 Å². The first-order valence-corrected chi connectivity index (χ1v) is 11.4. The van der Waals surface area contributed by atoms with Crippen LogP contribution < -0.4 is 15.4 Å². The Bertz CT molecular complexity index is 1180. The smallest absolute Gasteiger partial charge is 0.337 e. The molecule has 0 aliphatic rings. The van der Waals surface area contributed by atoms with E-state index in [1.165, 1.54) is 14.2 Å². The van der Waals surface area contributed by atoms with Gasteiger partial charge in [0.2, 0.25) is 5.91 Å². The first-order valence-electron chi connectivity index (χ1n) is 10.4. The van der Waals surface area contributed by atoms with Gasteiger partial charge in [-0.05, 0) is 48.5 Å². The summed E-state index contributed by atoms with van der Waals surface area (Å²) in [5.74, 6) is -0.114. The lowest BCUT2D eigenvalue weighted by atomic mass is 10.2. The van der Waals surface area contributed by atoms with Crippen molar-refractivity contribution >= 4 is 35.2 Å². The quantitative estimate of drug-likeness (QED) is 0.281. The van der Waals surface area contributed by atoms with Crippen LogP contribution in [0.15, 0.2) is 53.7 Å². The maximum atomic E-state index is 12.6. The molecule has 0 saturated heterocycles. The topological polar surface area (TPSA) is 145 Å². The van der Waals surface area contributed by atoms with Gasteiger partial charge in [-0.25, -0.2) is 4.79 Å². The molecular formula is C23H25N5O6S. The monoisotopic (exact) mass is 499 g/mol. The van der Waals surface area contributed by atoms with E-state index in [1.54, 1.807) is 60.1 Å². The number of amides is 2. The van der Waals surface area contributed by atoms with Gasteiger partial charge in [-0.2, -0.15) is 0 Å². The molecule has 2 amide bonds. The molecule has 3 rings (SSSR count). The molecule has 3 N–H and O–H groups in total. The number of hydrogen-bond donors (Lipinski definition) is 3. The second-order valence-corrected chi connectivity index (χ2v) is 8.19. The molecule has 2 aromatic carbocycles. The maximum Gasteiger partial charge on any atom is 0.337 e. The van der Waals surface area contributed by atoms with Gasteiger partial charge in [0.15, 0.2) is 11.0 Å². The van der Waals surface area contributed by atoms with Crippen molar-refractivity contribution in [2.45, 2.75) is 11.2 Å². The van der Waals surface area contributed by atoms with Crippen LogP contribution in [0.4, 0.5) is 5.69 Å². The van der Waals surface area contributed by atoms with E-state index in [-0.39, 0.29) is 24.2 Å². The Morgan fingerprint density at radius 1 is 1.03 bits per heavy atom. The standard InChI is InChI=1S/C23H25N5O6S/c1-28-20(18(12-29)25-21(31)14-6-10-17(33-2)11-7-14)26-27-23(28)35-13-19(30)24-16-8-4-15(5-9-16)22(32)34-3/h4-11,18,29H,12-13H2,1-3H3,(H,24,30)(H,25,31)/t18-/m0/s1. The molecule has 0 aliphatic heterocycles. The van der Waals surface area contributed by atoms with Crippen molar-refractivity contribution < 1.29 is 29.0 Å². The predicted octanol–water partition coefficient (Wildman–Crippen LogP) is 1.80. The number of anilines is 1. The lowest BCUT2D eigenvalue weighted by Crippen LogP contribution is -2.32. The third-order valence-corrected chi connectivity index (χ3v) is 5.96. The molecule has 0 radical (unpaired) electrons. The number of aliphatic hydroxyl groups excluding tert-OH is 1. The lowest BCUT2D eigenvalue weighted by Gasteiger charge is -2.16. The number of nitrogens with zero attached hydrogens (tertiary/aromatic N) is 3. The highest BCUT2D eigenvalue weighted by atomic mass is 32.2. The van der Waals surface area contributed by atoms with Crippen LogP contribution in [-0.4, -0.2) is 64.2 Å². The van der Waals surface area contributed by atoms with Gasteiger partial charge in [0, 0.05) is 18.3 Å². The van der Waals surface area contributed by atoms with Crippen molar-refractivity contribution in [2.75, 3.05) is 31.9 Å². The van der Waals surface area contributed by atoms with E-state index in [0.717, 1.165) is 11.8 Å². The summed E-state index contributed by atoms with van der Waals surface area (Å²) < 4.78 is 11.3. The normalized spacial score (nSPS) is 11.4. The van der Waals surface area contributed by atoms with Crippen molar-refractivity contribution in [2.24, 2.45) is 7.05 Å². The number of ether oxygens (including phenoxy) is 2. The number of esters is 1. The van der Waals surface area contributed by atoms with Gasteiger partial charge in [-0.3, -0.25) is 9.59 Å². The van der Waals surface area contributed by atoms with E-state index in [0.29, 0.717) is 33.5 Å². The van der Waals surface area contributed by atoms with Gasteiger partial charge in [0.05, 0.1) is 32.1 Å². The Hall–Kier alpha value is -3.90. The molecule has 1 aromatic heterocycles. The van der Waals surface area contributed by atoms with Crippen molar-refractivity contribution in [3.8, 4) is 5.75 Å². The molecule has 0 spiro atoms. The zero-order valence-electron chi connectivity index (χ0n) is 19.3. The molecule has 11 nitrogen and oxygen atoms in total. The number of methoxy groups -OCH3 is 2. The number of thioether (sulfide) groups is 1. The van der Waals surface area contributed by atoms with Crippen molar-refractivity contribution in [3.05, 3.63) is 65.5 Å². The first-order chi connectivity index (χ1) is 16.9. The number of carbonyl (C=O) groups excluding carboxylic acids is 3. The number of aromatic nitrogens is 3. The fourth-order valence-electron chi connectivity index (χ4n) is 3.07. The molecule has 1 atom stereocenters. The average Bonchev–Trinajstić information content (AvgIpc) is 3.25. The Morgan fingerprint density at radius 3 is 2.29 bits per heavy atom. The van der Waals surface area contributed by atoms with Gasteiger partial charge in [0.25, 0.3) is 5.91 Å². The van der Waals surface area contributed by atoms with Crippen LogP contribution in [-0.2, 0) is 16.6 Å². The Balaban J connectivity index is 1.58. The highest BCUT2D eigenvalue weighted by Crippen LogP contribution is 2.20. The minimum atomic E-state index is -0.793. The molecule has 12 heteroatoms. The summed E-state index contributed by atoms with van der Waals surface area (Å²) in [5.41, 5.74) is 1.31. The summed E-state index contributed by atoms with van der Waals surface area (Å²) in [6, 6.07) is 12.1. The summed E-state index contributed by atoms with van der Waals surface area (Å²) in [7, 11) is 4.52. The molecule has 3 aromatic rings. The minimum absolute atomic E-state index is 0.0483. The van der Waals surface area contributed by atoms with Crippen LogP contribution in [0.3, 0.4) is 0 Å². The number of nitrogens with one attached hydrogen (secondary N) is 2. The molecule has 0 aliphatic carbocycles. The number of hydrogen-bond acceptors (Lipinski definition) is 9. The molecule has 0 unspecified atom stereocenters. The van der Waals surface area contributed by atoms with Gasteiger partial charge in [-0.15, -0.1) is 10.2 Å².